The Morgan fingerprint density at radius 3 is 1.79 bits per heavy atom. The highest BCUT2D eigenvalue weighted by Crippen LogP contribution is 1.94. The molecule has 0 amide bonds. The van der Waals surface area contributed by atoms with Crippen molar-refractivity contribution in [2.45, 2.75) is 27.2 Å². The molecular formula is C9H19N3O2. The number of nitrogens with zero attached hydrogens (tertiary/aromatic N) is 3. The first-order chi connectivity index (χ1) is 6.63. The van der Waals surface area contributed by atoms with Gasteiger partial charge >= 0.3 is 0 Å². The summed E-state index contributed by atoms with van der Waals surface area (Å²) in [5.41, 5.74) is 1.31. The van der Waals surface area contributed by atoms with E-state index in [2.05, 4.69) is 22.1 Å². The van der Waals surface area contributed by atoms with Crippen LogP contribution in [0.25, 0.3) is 0 Å². The lowest BCUT2D eigenvalue weighted by atomic mass is 10.3. The minimum absolute atomic E-state index is 0.594. The van der Waals surface area contributed by atoms with Gasteiger partial charge in [-0.15, -0.1) is 0 Å². The molecule has 0 aliphatic carbocycles. The van der Waals surface area contributed by atoms with E-state index >= 15 is 0 Å². The van der Waals surface area contributed by atoms with Crippen LogP contribution in [0.15, 0.2) is 10.3 Å². The van der Waals surface area contributed by atoms with Gasteiger partial charge in [-0.2, -0.15) is 0 Å². The van der Waals surface area contributed by atoms with E-state index in [4.69, 9.17) is 10.4 Å². The Morgan fingerprint density at radius 2 is 1.50 bits per heavy atom. The summed E-state index contributed by atoms with van der Waals surface area (Å²) in [4.78, 5) is 2.06. The summed E-state index contributed by atoms with van der Waals surface area (Å²) in [6.07, 6.45) is 1.01. The van der Waals surface area contributed by atoms with Crippen molar-refractivity contribution in [2.75, 3.05) is 19.6 Å². The number of hydrogen-bond acceptors (Lipinski definition) is 5. The van der Waals surface area contributed by atoms with Crippen molar-refractivity contribution >= 4 is 11.4 Å². The van der Waals surface area contributed by atoms with Gasteiger partial charge in [0, 0.05) is 13.1 Å². The molecule has 0 saturated carbocycles. The van der Waals surface area contributed by atoms with Gasteiger partial charge in [0.05, 0.1) is 11.4 Å². The Bertz CT molecular complexity index is 194. The highest BCUT2D eigenvalue weighted by molar-refractivity contribution is 5.86. The second-order valence-electron chi connectivity index (χ2n) is 3.38. The van der Waals surface area contributed by atoms with E-state index in [0.29, 0.717) is 24.5 Å². The molecule has 5 heteroatoms. The quantitative estimate of drug-likeness (QED) is 0.388. The average molecular weight is 201 g/mol. The van der Waals surface area contributed by atoms with Crippen molar-refractivity contribution in [3.05, 3.63) is 0 Å². The molecule has 2 N–H and O–H groups in total. The van der Waals surface area contributed by atoms with Crippen LogP contribution in [0.3, 0.4) is 0 Å². The smallest absolute Gasteiger partial charge is 0.0680 e. The Balaban J connectivity index is 4.15. The summed E-state index contributed by atoms with van der Waals surface area (Å²) in [5, 5.41) is 23.3. The lowest BCUT2D eigenvalue weighted by molar-refractivity contribution is 0.298. The second kappa shape index (κ2) is 7.32. The molecule has 5 nitrogen and oxygen atoms in total. The van der Waals surface area contributed by atoms with Gasteiger partial charge in [0.25, 0.3) is 0 Å². The molecule has 0 atom stereocenters. The van der Waals surface area contributed by atoms with Crippen LogP contribution in [-0.2, 0) is 0 Å². The maximum Gasteiger partial charge on any atom is 0.0680 e. The molecule has 82 valence electrons. The minimum atomic E-state index is 0.594. The van der Waals surface area contributed by atoms with E-state index in [9.17, 15) is 0 Å². The van der Waals surface area contributed by atoms with E-state index in [1.54, 1.807) is 13.8 Å². The van der Waals surface area contributed by atoms with E-state index in [1.165, 1.54) is 0 Å². The maximum atomic E-state index is 8.52. The zero-order chi connectivity index (χ0) is 11.0. The summed E-state index contributed by atoms with van der Waals surface area (Å²) in [6, 6.07) is 0. The molecule has 0 fully saturated rings. The van der Waals surface area contributed by atoms with Crippen LogP contribution < -0.4 is 0 Å². The van der Waals surface area contributed by atoms with Crippen LogP contribution in [0.2, 0.25) is 0 Å². The van der Waals surface area contributed by atoms with Gasteiger partial charge in [-0.3, -0.25) is 4.90 Å². The topological polar surface area (TPSA) is 68.4 Å². The summed E-state index contributed by atoms with van der Waals surface area (Å²) in [7, 11) is 0. The second-order valence-corrected chi connectivity index (χ2v) is 3.38. The van der Waals surface area contributed by atoms with Crippen LogP contribution in [0, 0.1) is 0 Å². The van der Waals surface area contributed by atoms with Crippen LogP contribution in [0.5, 0.6) is 0 Å². The fraction of sp³-hybridized carbons (Fsp3) is 0.778. The Labute approximate surface area is 84.7 Å². The van der Waals surface area contributed by atoms with Crippen LogP contribution in [0.1, 0.15) is 27.2 Å². The van der Waals surface area contributed by atoms with Crippen molar-refractivity contribution < 1.29 is 10.4 Å². The first-order valence-corrected chi connectivity index (χ1v) is 4.71. The molecule has 0 aromatic carbocycles. The molecule has 0 aliphatic heterocycles. The third kappa shape index (κ3) is 5.53. The van der Waals surface area contributed by atoms with Gasteiger partial charge in [-0.1, -0.05) is 17.2 Å². The maximum absolute atomic E-state index is 8.52. The number of hydrogen-bond donors (Lipinski definition) is 2. The first kappa shape index (κ1) is 12.9. The van der Waals surface area contributed by atoms with Gasteiger partial charge in [0.15, 0.2) is 0 Å². The molecule has 14 heavy (non-hydrogen) atoms. The number of oxime groups is 2. The fourth-order valence-corrected chi connectivity index (χ4v) is 1.24. The monoisotopic (exact) mass is 201 g/mol. The molecule has 0 bridgehead atoms. The number of rotatable bonds is 6. The van der Waals surface area contributed by atoms with Gasteiger partial charge in [-0.05, 0) is 26.8 Å². The predicted molar refractivity (Wildman–Crippen MR) is 56.5 cm³/mol. The van der Waals surface area contributed by atoms with Crippen LogP contribution >= 0.6 is 0 Å². The molecule has 0 radical (unpaired) electrons. The highest BCUT2D eigenvalue weighted by atomic mass is 16.4. The van der Waals surface area contributed by atoms with Gasteiger partial charge in [-0.25, -0.2) is 0 Å². The van der Waals surface area contributed by atoms with Crippen molar-refractivity contribution in [3.8, 4) is 0 Å². The summed E-state index contributed by atoms with van der Waals surface area (Å²) in [5.74, 6) is 0. The van der Waals surface area contributed by atoms with Gasteiger partial charge in [0.1, 0.15) is 0 Å². The molecule has 0 aromatic rings. The SMILES string of the molecule is CCCN(C/C(C)=N/O)C/C(C)=N/O. The van der Waals surface area contributed by atoms with E-state index in [-0.39, 0.29) is 0 Å². The first-order valence-electron chi connectivity index (χ1n) is 4.71. The van der Waals surface area contributed by atoms with Crippen LogP contribution in [0.4, 0.5) is 0 Å². The van der Waals surface area contributed by atoms with E-state index in [1.807, 2.05) is 0 Å². The molecule has 0 rings (SSSR count). The van der Waals surface area contributed by atoms with Crippen LogP contribution in [-0.4, -0.2) is 46.4 Å². The zero-order valence-corrected chi connectivity index (χ0v) is 9.06. The largest absolute Gasteiger partial charge is 0.411 e. The molecule has 0 aliphatic rings. The Hall–Kier alpha value is -1.10. The molecule has 0 unspecified atom stereocenters. The van der Waals surface area contributed by atoms with E-state index < -0.39 is 0 Å². The third-order valence-corrected chi connectivity index (χ3v) is 1.79. The Kier molecular flexibility index (Phi) is 6.74. The average Bonchev–Trinajstić information content (AvgIpc) is 2.17. The normalized spacial score (nSPS) is 13.7. The van der Waals surface area contributed by atoms with Gasteiger partial charge in [0.2, 0.25) is 0 Å². The fourth-order valence-electron chi connectivity index (χ4n) is 1.24. The Morgan fingerprint density at radius 1 is 1.07 bits per heavy atom. The molecule has 0 aromatic heterocycles. The third-order valence-electron chi connectivity index (χ3n) is 1.79. The molecule has 0 heterocycles. The standard InChI is InChI=1S/C9H19N3O2/c1-4-5-12(6-8(2)10-13)7-9(3)11-14/h13-14H,4-7H2,1-3H3/b10-8+,11-9+. The lowest BCUT2D eigenvalue weighted by Crippen LogP contribution is -2.33. The van der Waals surface area contributed by atoms with Gasteiger partial charge < -0.3 is 10.4 Å². The molecular weight excluding hydrogens is 182 g/mol. The lowest BCUT2D eigenvalue weighted by Gasteiger charge is -2.20. The predicted octanol–water partition coefficient (Wildman–Crippen LogP) is 1.40. The molecule has 0 saturated heterocycles. The molecule has 0 spiro atoms. The van der Waals surface area contributed by atoms with E-state index in [0.717, 1.165) is 13.0 Å². The van der Waals surface area contributed by atoms with Crippen molar-refractivity contribution in [1.29, 1.82) is 0 Å². The minimum Gasteiger partial charge on any atom is -0.411 e. The zero-order valence-electron chi connectivity index (χ0n) is 9.06. The van der Waals surface area contributed by atoms with Crippen molar-refractivity contribution in [2.24, 2.45) is 10.3 Å². The van der Waals surface area contributed by atoms with Crippen molar-refractivity contribution in [3.63, 3.8) is 0 Å². The summed E-state index contributed by atoms with van der Waals surface area (Å²) >= 11 is 0. The van der Waals surface area contributed by atoms with Crippen molar-refractivity contribution in [1.82, 2.24) is 4.90 Å². The summed E-state index contributed by atoms with van der Waals surface area (Å²) in [6.45, 7) is 7.67. The summed E-state index contributed by atoms with van der Waals surface area (Å²) < 4.78 is 0. The highest BCUT2D eigenvalue weighted by Gasteiger charge is 2.07.